The topological polar surface area (TPSA) is 58.0 Å². The lowest BCUT2D eigenvalue weighted by atomic mass is 10.1. The van der Waals surface area contributed by atoms with Crippen molar-refractivity contribution in [2.75, 3.05) is 18.9 Å². The molecule has 0 bridgehead atoms. The first-order chi connectivity index (χ1) is 8.41. The van der Waals surface area contributed by atoms with Crippen molar-refractivity contribution in [3.63, 3.8) is 0 Å². The third kappa shape index (κ3) is 3.93. The number of aliphatic hydroxyl groups excluding tert-OH is 1. The highest BCUT2D eigenvalue weighted by atomic mass is 32.2. The highest BCUT2D eigenvalue weighted by Crippen LogP contribution is 2.21. The van der Waals surface area contributed by atoms with Crippen molar-refractivity contribution in [3.8, 4) is 0 Å². The van der Waals surface area contributed by atoms with Crippen LogP contribution in [-0.4, -0.2) is 39.5 Å². The minimum absolute atomic E-state index is 0.109. The number of likely N-dealkylation sites (N-methyl/N-ethyl adjacent to an activating group) is 1. The van der Waals surface area contributed by atoms with Crippen LogP contribution in [0.5, 0.6) is 0 Å². The van der Waals surface area contributed by atoms with Crippen molar-refractivity contribution >= 4 is 11.8 Å². The van der Waals surface area contributed by atoms with E-state index in [-0.39, 0.29) is 12.1 Å². The van der Waals surface area contributed by atoms with Gasteiger partial charge in [0.2, 0.25) is 0 Å². The molecule has 1 aromatic heterocycles. The van der Waals surface area contributed by atoms with Gasteiger partial charge in [0.05, 0.1) is 6.61 Å². The van der Waals surface area contributed by atoms with Crippen molar-refractivity contribution in [3.05, 3.63) is 17.0 Å². The Hall–Kier alpha value is -0.650. The van der Waals surface area contributed by atoms with Gasteiger partial charge in [-0.25, -0.2) is 9.97 Å². The zero-order valence-electron chi connectivity index (χ0n) is 11.9. The molecular weight excluding hydrogens is 246 g/mol. The van der Waals surface area contributed by atoms with Crippen LogP contribution in [0.3, 0.4) is 0 Å². The molecule has 0 radical (unpaired) electrons. The number of rotatable bonds is 6. The summed E-state index contributed by atoms with van der Waals surface area (Å²) in [5.41, 5.74) is 2.92. The molecule has 5 heteroatoms. The van der Waals surface area contributed by atoms with Crippen LogP contribution in [0, 0.1) is 20.8 Å². The first-order valence-corrected chi connectivity index (χ1v) is 7.21. The van der Waals surface area contributed by atoms with Crippen LogP contribution >= 0.6 is 11.8 Å². The minimum Gasteiger partial charge on any atom is -0.394 e. The number of hydrogen-bond donors (Lipinski definition) is 2. The molecule has 0 aliphatic heterocycles. The van der Waals surface area contributed by atoms with E-state index in [1.807, 2.05) is 34.6 Å². The van der Waals surface area contributed by atoms with Gasteiger partial charge in [0.25, 0.3) is 0 Å². The summed E-state index contributed by atoms with van der Waals surface area (Å²) in [4.78, 5) is 8.95. The van der Waals surface area contributed by atoms with E-state index < -0.39 is 0 Å². The summed E-state index contributed by atoms with van der Waals surface area (Å²) in [5, 5.41) is 13.5. The molecule has 2 N–H and O–H groups in total. The first kappa shape index (κ1) is 15.4. The lowest BCUT2D eigenvalue weighted by Gasteiger charge is -2.27. The maximum absolute atomic E-state index is 9.43. The summed E-state index contributed by atoms with van der Waals surface area (Å²) in [6, 6.07) is 0. The van der Waals surface area contributed by atoms with Crippen molar-refractivity contribution in [1.29, 1.82) is 0 Å². The fourth-order valence-electron chi connectivity index (χ4n) is 1.61. The molecule has 1 heterocycles. The molecule has 1 unspecified atom stereocenters. The zero-order valence-corrected chi connectivity index (χ0v) is 12.7. The van der Waals surface area contributed by atoms with E-state index in [0.717, 1.165) is 34.4 Å². The second-order valence-electron chi connectivity index (χ2n) is 4.84. The molecule has 0 saturated heterocycles. The van der Waals surface area contributed by atoms with Crippen LogP contribution in [0.4, 0.5) is 0 Å². The maximum atomic E-state index is 9.43. The van der Waals surface area contributed by atoms with Crippen molar-refractivity contribution in [2.45, 2.75) is 45.3 Å². The van der Waals surface area contributed by atoms with Gasteiger partial charge in [-0.3, -0.25) is 0 Å². The first-order valence-electron chi connectivity index (χ1n) is 6.22. The smallest absolute Gasteiger partial charge is 0.188 e. The molecule has 0 amide bonds. The third-order valence-corrected chi connectivity index (χ3v) is 4.31. The number of nitrogens with zero attached hydrogens (tertiary/aromatic N) is 2. The molecule has 0 aliphatic carbocycles. The zero-order chi connectivity index (χ0) is 13.8. The van der Waals surface area contributed by atoms with Crippen LogP contribution in [0.2, 0.25) is 0 Å². The monoisotopic (exact) mass is 269 g/mol. The van der Waals surface area contributed by atoms with E-state index >= 15 is 0 Å². The molecule has 0 aromatic carbocycles. The largest absolute Gasteiger partial charge is 0.394 e. The SMILES string of the molecule is CCNC(C)(CO)CSc1nc(C)c(C)c(C)n1. The summed E-state index contributed by atoms with van der Waals surface area (Å²) in [6.45, 7) is 11.0. The van der Waals surface area contributed by atoms with Crippen LogP contribution in [-0.2, 0) is 0 Å². The average molecular weight is 269 g/mol. The second-order valence-corrected chi connectivity index (χ2v) is 5.78. The molecule has 4 nitrogen and oxygen atoms in total. The lowest BCUT2D eigenvalue weighted by molar-refractivity contribution is 0.194. The van der Waals surface area contributed by atoms with Gasteiger partial charge in [0, 0.05) is 22.7 Å². The number of aliphatic hydroxyl groups is 1. The van der Waals surface area contributed by atoms with Gasteiger partial charge in [0.1, 0.15) is 0 Å². The summed E-state index contributed by atoms with van der Waals surface area (Å²) in [5.74, 6) is 0.749. The Morgan fingerprint density at radius 1 is 1.22 bits per heavy atom. The van der Waals surface area contributed by atoms with Gasteiger partial charge in [-0.15, -0.1) is 0 Å². The quantitative estimate of drug-likeness (QED) is 0.610. The molecule has 0 aliphatic rings. The number of aromatic nitrogens is 2. The highest BCUT2D eigenvalue weighted by molar-refractivity contribution is 7.99. The van der Waals surface area contributed by atoms with Gasteiger partial charge >= 0.3 is 0 Å². The fraction of sp³-hybridized carbons (Fsp3) is 0.692. The van der Waals surface area contributed by atoms with Crippen LogP contribution in [0.1, 0.15) is 30.8 Å². The Bertz CT molecular complexity index is 388. The Morgan fingerprint density at radius 2 is 1.78 bits per heavy atom. The Labute approximate surface area is 114 Å². The van der Waals surface area contributed by atoms with Gasteiger partial charge in [-0.05, 0) is 39.8 Å². The third-order valence-electron chi connectivity index (χ3n) is 3.08. The number of aryl methyl sites for hydroxylation is 2. The van der Waals surface area contributed by atoms with Gasteiger partial charge in [-0.1, -0.05) is 18.7 Å². The summed E-state index contributed by atoms with van der Waals surface area (Å²) in [7, 11) is 0. The molecular formula is C13H23N3OS. The van der Waals surface area contributed by atoms with E-state index in [2.05, 4.69) is 15.3 Å². The van der Waals surface area contributed by atoms with Crippen molar-refractivity contribution < 1.29 is 5.11 Å². The van der Waals surface area contributed by atoms with E-state index in [1.165, 1.54) is 0 Å². The van der Waals surface area contributed by atoms with Crippen LogP contribution in [0.15, 0.2) is 5.16 Å². The predicted octanol–water partition coefficient (Wildman–Crippen LogP) is 1.85. The molecule has 102 valence electrons. The van der Waals surface area contributed by atoms with Crippen molar-refractivity contribution in [2.24, 2.45) is 0 Å². The van der Waals surface area contributed by atoms with Crippen LogP contribution < -0.4 is 5.32 Å². The normalized spacial score (nSPS) is 14.6. The van der Waals surface area contributed by atoms with Crippen molar-refractivity contribution in [1.82, 2.24) is 15.3 Å². The highest BCUT2D eigenvalue weighted by Gasteiger charge is 2.22. The Morgan fingerprint density at radius 3 is 2.22 bits per heavy atom. The Balaban J connectivity index is 2.74. The molecule has 1 atom stereocenters. The summed E-state index contributed by atoms with van der Waals surface area (Å²) in [6.07, 6.45) is 0. The summed E-state index contributed by atoms with van der Waals surface area (Å²) >= 11 is 1.58. The van der Waals surface area contributed by atoms with Gasteiger partial charge in [-0.2, -0.15) is 0 Å². The van der Waals surface area contributed by atoms with E-state index in [1.54, 1.807) is 11.8 Å². The fourth-order valence-corrected chi connectivity index (χ4v) is 2.65. The molecule has 18 heavy (non-hydrogen) atoms. The number of hydrogen-bond acceptors (Lipinski definition) is 5. The minimum atomic E-state index is -0.282. The standard InChI is InChI=1S/C13H23N3OS/c1-6-14-13(5,7-17)8-18-12-15-10(3)9(2)11(4)16-12/h14,17H,6-8H2,1-5H3. The predicted molar refractivity (Wildman–Crippen MR) is 76.1 cm³/mol. The summed E-state index contributed by atoms with van der Waals surface area (Å²) < 4.78 is 0. The Kier molecular flexibility index (Phi) is 5.56. The lowest BCUT2D eigenvalue weighted by Crippen LogP contribution is -2.47. The molecule has 0 spiro atoms. The van der Waals surface area contributed by atoms with Crippen LogP contribution in [0.25, 0.3) is 0 Å². The van der Waals surface area contributed by atoms with E-state index in [9.17, 15) is 5.11 Å². The van der Waals surface area contributed by atoms with Gasteiger partial charge < -0.3 is 10.4 Å². The van der Waals surface area contributed by atoms with E-state index in [0.29, 0.717) is 0 Å². The molecule has 1 aromatic rings. The van der Waals surface area contributed by atoms with E-state index in [4.69, 9.17) is 0 Å². The molecule has 1 rings (SSSR count). The van der Waals surface area contributed by atoms with Gasteiger partial charge in [0.15, 0.2) is 5.16 Å². The average Bonchev–Trinajstić information content (AvgIpc) is 2.33. The second kappa shape index (κ2) is 6.50. The molecule has 0 fully saturated rings. The molecule has 0 saturated carbocycles. The maximum Gasteiger partial charge on any atom is 0.188 e. The number of nitrogens with one attached hydrogen (secondary N) is 1. The number of thioether (sulfide) groups is 1.